The number of hydrogen-bond acceptors (Lipinski definition) is 3. The third-order valence-electron chi connectivity index (χ3n) is 2.79. The Morgan fingerprint density at radius 2 is 1.94 bits per heavy atom. The molecule has 0 aliphatic heterocycles. The second kappa shape index (κ2) is 6.45. The maximum Gasteiger partial charge on any atom is 0.148 e. The minimum Gasteiger partial charge on any atom is -0.395 e. The van der Waals surface area contributed by atoms with Gasteiger partial charge in [-0.1, -0.05) is 6.07 Å². The fourth-order valence-electron chi connectivity index (χ4n) is 1.83. The number of anilines is 2. The molecule has 0 aliphatic rings. The van der Waals surface area contributed by atoms with Crippen molar-refractivity contribution in [3.8, 4) is 0 Å². The zero-order valence-corrected chi connectivity index (χ0v) is 10.9. The second-order valence-corrected chi connectivity index (χ2v) is 4.41. The van der Waals surface area contributed by atoms with E-state index < -0.39 is 0 Å². The van der Waals surface area contributed by atoms with E-state index in [1.807, 2.05) is 20.2 Å². The molecular weight excluding hydrogens is 217 g/mol. The van der Waals surface area contributed by atoms with E-state index >= 15 is 0 Å². The molecule has 3 nitrogen and oxygen atoms in total. The van der Waals surface area contributed by atoms with Crippen molar-refractivity contribution in [2.24, 2.45) is 0 Å². The molecule has 0 unspecified atom stereocenters. The van der Waals surface area contributed by atoms with Crippen LogP contribution in [0.15, 0.2) is 18.2 Å². The smallest absolute Gasteiger partial charge is 0.148 e. The van der Waals surface area contributed by atoms with E-state index in [2.05, 4.69) is 16.7 Å². The Morgan fingerprint density at radius 1 is 1.24 bits per heavy atom. The first-order chi connectivity index (χ1) is 8.06. The maximum absolute atomic E-state index is 13.4. The van der Waals surface area contributed by atoms with Crippen molar-refractivity contribution in [3.63, 3.8) is 0 Å². The van der Waals surface area contributed by atoms with Gasteiger partial charge in [0.25, 0.3) is 0 Å². The maximum atomic E-state index is 13.4. The van der Waals surface area contributed by atoms with Gasteiger partial charge in [-0.15, -0.1) is 0 Å². The average Bonchev–Trinajstić information content (AvgIpc) is 2.28. The molecule has 0 saturated heterocycles. The SMILES string of the molecule is CCN(CCCN(C)C)c1cccc(F)c1N. The molecule has 1 aromatic carbocycles. The molecule has 0 bridgehead atoms. The van der Waals surface area contributed by atoms with Gasteiger partial charge >= 0.3 is 0 Å². The lowest BCUT2D eigenvalue weighted by molar-refractivity contribution is 0.400. The first-order valence-corrected chi connectivity index (χ1v) is 6.00. The highest BCUT2D eigenvalue weighted by molar-refractivity contribution is 5.67. The van der Waals surface area contributed by atoms with Crippen LogP contribution in [-0.2, 0) is 0 Å². The van der Waals surface area contributed by atoms with E-state index in [1.165, 1.54) is 6.07 Å². The lowest BCUT2D eigenvalue weighted by Gasteiger charge is -2.25. The number of nitrogen functional groups attached to an aromatic ring is 1. The van der Waals surface area contributed by atoms with E-state index in [0.717, 1.165) is 31.7 Å². The van der Waals surface area contributed by atoms with Gasteiger partial charge in [0.15, 0.2) is 0 Å². The number of nitrogens with zero attached hydrogens (tertiary/aromatic N) is 2. The van der Waals surface area contributed by atoms with E-state index in [0.29, 0.717) is 0 Å². The van der Waals surface area contributed by atoms with Crippen LogP contribution in [0.4, 0.5) is 15.8 Å². The summed E-state index contributed by atoms with van der Waals surface area (Å²) in [6, 6.07) is 4.97. The Bertz CT molecular complexity index is 353. The molecule has 2 N–H and O–H groups in total. The molecule has 0 spiro atoms. The van der Waals surface area contributed by atoms with Gasteiger partial charge in [0.2, 0.25) is 0 Å². The molecular formula is C13H22FN3. The molecule has 0 saturated carbocycles. The summed E-state index contributed by atoms with van der Waals surface area (Å²) in [7, 11) is 4.10. The zero-order valence-electron chi connectivity index (χ0n) is 10.9. The van der Waals surface area contributed by atoms with Crippen LogP contribution < -0.4 is 10.6 Å². The van der Waals surface area contributed by atoms with Crippen LogP contribution >= 0.6 is 0 Å². The largest absolute Gasteiger partial charge is 0.395 e. The van der Waals surface area contributed by atoms with Gasteiger partial charge in [0, 0.05) is 13.1 Å². The summed E-state index contributed by atoms with van der Waals surface area (Å²) in [6.45, 7) is 4.80. The van der Waals surface area contributed by atoms with Crippen molar-refractivity contribution in [1.29, 1.82) is 0 Å². The summed E-state index contributed by atoms with van der Waals surface area (Å²) < 4.78 is 13.4. The molecule has 0 aliphatic carbocycles. The van der Waals surface area contributed by atoms with Crippen LogP contribution in [0.1, 0.15) is 13.3 Å². The summed E-state index contributed by atoms with van der Waals surface area (Å²) in [4.78, 5) is 4.25. The van der Waals surface area contributed by atoms with Gasteiger partial charge in [0.05, 0.1) is 11.4 Å². The number of halogens is 1. The fraction of sp³-hybridized carbons (Fsp3) is 0.538. The van der Waals surface area contributed by atoms with Crippen molar-refractivity contribution in [1.82, 2.24) is 4.90 Å². The molecule has 0 amide bonds. The van der Waals surface area contributed by atoms with Crippen molar-refractivity contribution in [3.05, 3.63) is 24.0 Å². The van der Waals surface area contributed by atoms with Crippen LogP contribution in [0.3, 0.4) is 0 Å². The highest BCUT2D eigenvalue weighted by Gasteiger charge is 2.10. The molecule has 1 rings (SSSR count). The van der Waals surface area contributed by atoms with Crippen molar-refractivity contribution in [2.45, 2.75) is 13.3 Å². The average molecular weight is 239 g/mol. The van der Waals surface area contributed by atoms with Crippen LogP contribution in [0.25, 0.3) is 0 Å². The monoisotopic (exact) mass is 239 g/mol. The molecule has 17 heavy (non-hydrogen) atoms. The third kappa shape index (κ3) is 3.89. The summed E-state index contributed by atoms with van der Waals surface area (Å²) in [6.07, 6.45) is 1.04. The number of nitrogens with two attached hydrogens (primary N) is 1. The van der Waals surface area contributed by atoms with Gasteiger partial charge in [-0.05, 0) is 46.1 Å². The molecule has 4 heteroatoms. The minimum atomic E-state index is -0.339. The standard InChI is InChI=1S/C13H22FN3/c1-4-17(10-6-9-16(2)3)12-8-5-7-11(14)13(12)15/h5,7-8H,4,6,9-10,15H2,1-3H3. The third-order valence-corrected chi connectivity index (χ3v) is 2.79. The number of rotatable bonds is 6. The van der Waals surface area contributed by atoms with E-state index in [4.69, 9.17) is 5.73 Å². The Labute approximate surface area is 103 Å². The number of para-hydroxylation sites is 1. The van der Waals surface area contributed by atoms with E-state index in [9.17, 15) is 4.39 Å². The lowest BCUT2D eigenvalue weighted by Crippen LogP contribution is -2.27. The molecule has 0 fully saturated rings. The Kier molecular flexibility index (Phi) is 5.22. The van der Waals surface area contributed by atoms with Gasteiger partial charge in [-0.25, -0.2) is 4.39 Å². The fourth-order valence-corrected chi connectivity index (χ4v) is 1.83. The summed E-state index contributed by atoms with van der Waals surface area (Å²) in [5, 5.41) is 0. The van der Waals surface area contributed by atoms with Crippen LogP contribution in [0.2, 0.25) is 0 Å². The van der Waals surface area contributed by atoms with Crippen molar-refractivity contribution in [2.75, 3.05) is 44.4 Å². The van der Waals surface area contributed by atoms with Gasteiger partial charge in [-0.3, -0.25) is 0 Å². The first-order valence-electron chi connectivity index (χ1n) is 6.00. The molecule has 96 valence electrons. The molecule has 0 heterocycles. The summed E-state index contributed by atoms with van der Waals surface area (Å²) in [5.74, 6) is -0.339. The normalized spacial score (nSPS) is 10.9. The van der Waals surface area contributed by atoms with Gasteiger partial charge in [-0.2, -0.15) is 0 Å². The predicted molar refractivity (Wildman–Crippen MR) is 71.9 cm³/mol. The van der Waals surface area contributed by atoms with Crippen LogP contribution in [0, 0.1) is 5.82 Å². The zero-order chi connectivity index (χ0) is 12.8. The summed E-state index contributed by atoms with van der Waals surface area (Å²) >= 11 is 0. The minimum absolute atomic E-state index is 0.249. The topological polar surface area (TPSA) is 32.5 Å². The number of hydrogen-bond donors (Lipinski definition) is 1. The van der Waals surface area contributed by atoms with Crippen LogP contribution in [0.5, 0.6) is 0 Å². The Balaban J connectivity index is 2.69. The van der Waals surface area contributed by atoms with Gasteiger partial charge < -0.3 is 15.5 Å². The van der Waals surface area contributed by atoms with Gasteiger partial charge in [0.1, 0.15) is 5.82 Å². The Morgan fingerprint density at radius 3 is 2.53 bits per heavy atom. The van der Waals surface area contributed by atoms with E-state index in [1.54, 1.807) is 6.07 Å². The first kappa shape index (κ1) is 13.8. The molecule has 1 aromatic rings. The lowest BCUT2D eigenvalue weighted by atomic mass is 10.2. The molecule has 0 aromatic heterocycles. The number of benzene rings is 1. The van der Waals surface area contributed by atoms with Crippen molar-refractivity contribution < 1.29 is 4.39 Å². The quantitative estimate of drug-likeness (QED) is 0.772. The summed E-state index contributed by atoms with van der Waals surface area (Å²) in [5.41, 5.74) is 6.81. The van der Waals surface area contributed by atoms with E-state index in [-0.39, 0.29) is 11.5 Å². The molecule has 0 radical (unpaired) electrons. The van der Waals surface area contributed by atoms with Crippen molar-refractivity contribution >= 4 is 11.4 Å². The molecule has 0 atom stereocenters. The second-order valence-electron chi connectivity index (χ2n) is 4.41. The Hall–Kier alpha value is -1.29. The van der Waals surface area contributed by atoms with Crippen LogP contribution in [-0.4, -0.2) is 38.6 Å². The highest BCUT2D eigenvalue weighted by Crippen LogP contribution is 2.25. The highest BCUT2D eigenvalue weighted by atomic mass is 19.1. The predicted octanol–water partition coefficient (Wildman–Crippen LogP) is 2.19.